The van der Waals surface area contributed by atoms with Crippen molar-refractivity contribution in [2.45, 2.75) is 0 Å². The van der Waals surface area contributed by atoms with Crippen LogP contribution in [0, 0.1) is 0 Å². The van der Waals surface area contributed by atoms with Crippen LogP contribution < -0.4 is 9.80 Å². The van der Waals surface area contributed by atoms with E-state index in [0.29, 0.717) is 0 Å². The van der Waals surface area contributed by atoms with Gasteiger partial charge in [0.05, 0.1) is 0 Å². The molecule has 0 heterocycles. The predicted molar refractivity (Wildman–Crippen MR) is 352 cm³/mol. The molecule has 0 aliphatic carbocycles. The van der Waals surface area contributed by atoms with Crippen LogP contribution in [0.25, 0.3) is 120 Å². The zero-order chi connectivity index (χ0) is 54.1. The van der Waals surface area contributed by atoms with Crippen LogP contribution in [-0.2, 0) is 0 Å². The molecule has 0 amide bonds. The van der Waals surface area contributed by atoms with E-state index in [-0.39, 0.29) is 0 Å². The Kier molecular flexibility index (Phi) is 11.2. The molecule has 0 radical (unpaired) electrons. The third-order valence-electron chi connectivity index (χ3n) is 16.9. The zero-order valence-corrected chi connectivity index (χ0v) is 44.9. The number of benzene rings is 16. The van der Waals surface area contributed by atoms with Crippen molar-refractivity contribution in [2.75, 3.05) is 9.80 Å². The van der Waals surface area contributed by atoms with Gasteiger partial charge in [-0.2, -0.15) is 0 Å². The van der Waals surface area contributed by atoms with Crippen molar-refractivity contribution in [3.63, 3.8) is 0 Å². The summed E-state index contributed by atoms with van der Waals surface area (Å²) in [5.74, 6) is 0. The van der Waals surface area contributed by atoms with Crippen LogP contribution in [-0.4, -0.2) is 0 Å². The van der Waals surface area contributed by atoms with E-state index in [0.717, 1.165) is 39.7 Å². The summed E-state index contributed by atoms with van der Waals surface area (Å²) in [4.78, 5) is 4.89. The quantitative estimate of drug-likeness (QED) is 0.133. The van der Waals surface area contributed by atoms with Crippen LogP contribution in [0.15, 0.2) is 315 Å². The topological polar surface area (TPSA) is 6.48 Å². The first kappa shape index (κ1) is 47.2. The van der Waals surface area contributed by atoms with E-state index in [2.05, 4.69) is 325 Å². The Bertz CT molecular complexity index is 5020. The first-order valence-electron chi connectivity index (χ1n) is 28.3. The Balaban J connectivity index is 1.00. The molecule has 0 unspecified atom stereocenters. The standard InChI is InChI=1S/C80H52N2/c1-5-21-61-47-65(39-35-53(61)15-1)81(66-40-36-54-16-2-6-22-62(54)48-66)69-44-46-76-77(51-69)79(60-33-31-59(32-34-60)72-29-13-25-57-19-9-11-27-71(57)72)75-45-43-70(52-78(75)80(76)74-30-14-26-58-20-10-12-28-73(58)74)82(67-41-37-55-17-3-7-23-63(55)49-67)68-42-38-56-18-4-8-24-64(56)50-68/h1-52H. The number of fused-ring (bicyclic) bond motifs is 8. The molecule has 0 saturated carbocycles. The molecule has 0 aliphatic heterocycles. The lowest BCUT2D eigenvalue weighted by atomic mass is 9.84. The fourth-order valence-electron chi connectivity index (χ4n) is 13.0. The molecule has 0 spiro atoms. The number of rotatable bonds is 9. The fraction of sp³-hybridized carbons (Fsp3) is 0. The van der Waals surface area contributed by atoms with Crippen LogP contribution in [0.5, 0.6) is 0 Å². The molecule has 16 aromatic carbocycles. The van der Waals surface area contributed by atoms with Gasteiger partial charge in [-0.1, -0.05) is 243 Å². The molecule has 0 atom stereocenters. The maximum absolute atomic E-state index is 2.47. The highest BCUT2D eigenvalue weighted by molar-refractivity contribution is 6.25. The first-order valence-corrected chi connectivity index (χ1v) is 28.3. The van der Waals surface area contributed by atoms with Crippen molar-refractivity contribution < 1.29 is 0 Å². The lowest BCUT2D eigenvalue weighted by Crippen LogP contribution is -2.10. The van der Waals surface area contributed by atoms with E-state index in [9.17, 15) is 0 Å². The minimum atomic E-state index is 1.07. The molecule has 0 saturated heterocycles. The molecular weight excluding hydrogens is 989 g/mol. The molecule has 2 nitrogen and oxygen atoms in total. The van der Waals surface area contributed by atoms with Gasteiger partial charge in [0.1, 0.15) is 0 Å². The molecule has 82 heavy (non-hydrogen) atoms. The number of hydrogen-bond acceptors (Lipinski definition) is 2. The average molecular weight is 1040 g/mol. The van der Waals surface area contributed by atoms with Gasteiger partial charge in [0.15, 0.2) is 0 Å². The van der Waals surface area contributed by atoms with Crippen LogP contribution in [0.1, 0.15) is 0 Å². The lowest BCUT2D eigenvalue weighted by Gasteiger charge is -2.29. The molecular formula is C80H52N2. The number of hydrogen-bond donors (Lipinski definition) is 0. The normalized spacial score (nSPS) is 11.7. The number of nitrogens with zero attached hydrogens (tertiary/aromatic N) is 2. The Labute approximate surface area is 476 Å². The predicted octanol–water partition coefficient (Wildman–Crippen LogP) is 22.9. The molecule has 2 heteroatoms. The summed E-state index contributed by atoms with van der Waals surface area (Å²) in [6, 6.07) is 117. The molecule has 0 N–H and O–H groups in total. The highest BCUT2D eigenvalue weighted by atomic mass is 15.1. The molecule has 0 aliphatic rings. The highest BCUT2D eigenvalue weighted by Crippen LogP contribution is 2.50. The summed E-state index contributed by atoms with van der Waals surface area (Å²) in [5, 5.41) is 19.2. The molecule has 0 aromatic heterocycles. The van der Waals surface area contributed by atoms with Crippen molar-refractivity contribution >= 4 is 120 Å². The zero-order valence-electron chi connectivity index (χ0n) is 44.9. The highest BCUT2D eigenvalue weighted by Gasteiger charge is 2.24. The van der Waals surface area contributed by atoms with E-state index in [1.165, 1.54) is 114 Å². The number of anilines is 6. The van der Waals surface area contributed by atoms with Gasteiger partial charge in [-0.25, -0.2) is 0 Å². The van der Waals surface area contributed by atoms with E-state index in [4.69, 9.17) is 0 Å². The van der Waals surface area contributed by atoms with Gasteiger partial charge in [0.2, 0.25) is 0 Å². The summed E-state index contributed by atoms with van der Waals surface area (Å²) >= 11 is 0. The third kappa shape index (κ3) is 8.11. The SMILES string of the molecule is c1ccc2cc(N(c3ccc4ccccc4c3)c3ccc4c(-c5cccc6ccccc56)c5cc(N(c6ccc7ccccc7c6)c6ccc7ccccc7c6)ccc5c(-c5ccc(-c6cccc7ccccc67)cc5)c4c3)ccc2c1. The summed E-state index contributed by atoms with van der Waals surface area (Å²) in [7, 11) is 0. The summed E-state index contributed by atoms with van der Waals surface area (Å²) in [5.41, 5.74) is 13.7. The Hall–Kier alpha value is -10.8. The first-order chi connectivity index (χ1) is 40.6. The minimum absolute atomic E-state index is 1.07. The van der Waals surface area contributed by atoms with Crippen molar-refractivity contribution in [2.24, 2.45) is 0 Å². The monoisotopic (exact) mass is 1040 g/mol. The Morgan fingerprint density at radius 1 is 0.159 bits per heavy atom. The van der Waals surface area contributed by atoms with Crippen LogP contribution in [0.2, 0.25) is 0 Å². The Morgan fingerprint density at radius 2 is 0.463 bits per heavy atom. The van der Waals surface area contributed by atoms with Crippen LogP contribution >= 0.6 is 0 Å². The minimum Gasteiger partial charge on any atom is -0.310 e. The van der Waals surface area contributed by atoms with Gasteiger partial charge in [-0.15, -0.1) is 0 Å². The summed E-state index contributed by atoms with van der Waals surface area (Å²) in [6.45, 7) is 0. The molecule has 382 valence electrons. The van der Waals surface area contributed by atoms with Gasteiger partial charge < -0.3 is 9.80 Å². The van der Waals surface area contributed by atoms with E-state index >= 15 is 0 Å². The second-order valence-electron chi connectivity index (χ2n) is 21.6. The summed E-state index contributed by atoms with van der Waals surface area (Å²) < 4.78 is 0. The van der Waals surface area contributed by atoms with E-state index < -0.39 is 0 Å². The third-order valence-corrected chi connectivity index (χ3v) is 16.9. The van der Waals surface area contributed by atoms with Crippen molar-refractivity contribution in [3.05, 3.63) is 315 Å². The summed E-state index contributed by atoms with van der Waals surface area (Å²) in [6.07, 6.45) is 0. The Morgan fingerprint density at radius 3 is 0.902 bits per heavy atom. The average Bonchev–Trinajstić information content (AvgIpc) is 3.73. The fourth-order valence-corrected chi connectivity index (χ4v) is 13.0. The van der Waals surface area contributed by atoms with Crippen molar-refractivity contribution in [1.82, 2.24) is 0 Å². The maximum atomic E-state index is 2.47. The second kappa shape index (κ2) is 19.5. The maximum Gasteiger partial charge on any atom is 0.0468 e. The van der Waals surface area contributed by atoms with Crippen LogP contribution in [0.3, 0.4) is 0 Å². The van der Waals surface area contributed by atoms with Gasteiger partial charge in [-0.3, -0.25) is 0 Å². The molecule has 0 fully saturated rings. The molecule has 16 aromatic rings. The van der Waals surface area contributed by atoms with Gasteiger partial charge in [-0.05, 0) is 192 Å². The van der Waals surface area contributed by atoms with Crippen molar-refractivity contribution in [1.29, 1.82) is 0 Å². The van der Waals surface area contributed by atoms with Gasteiger partial charge >= 0.3 is 0 Å². The smallest absolute Gasteiger partial charge is 0.0468 e. The largest absolute Gasteiger partial charge is 0.310 e. The van der Waals surface area contributed by atoms with E-state index in [1.54, 1.807) is 0 Å². The van der Waals surface area contributed by atoms with Gasteiger partial charge in [0.25, 0.3) is 0 Å². The van der Waals surface area contributed by atoms with Crippen LogP contribution in [0.4, 0.5) is 34.1 Å². The van der Waals surface area contributed by atoms with Crippen molar-refractivity contribution in [3.8, 4) is 33.4 Å². The molecule has 16 rings (SSSR count). The van der Waals surface area contributed by atoms with E-state index in [1.807, 2.05) is 0 Å². The lowest BCUT2D eigenvalue weighted by molar-refractivity contribution is 1.30. The van der Waals surface area contributed by atoms with Gasteiger partial charge in [0, 0.05) is 34.1 Å². The second-order valence-corrected chi connectivity index (χ2v) is 21.6. The molecule has 0 bridgehead atoms.